The highest BCUT2D eigenvalue weighted by Crippen LogP contribution is 2.32. The summed E-state index contributed by atoms with van der Waals surface area (Å²) in [5.74, 6) is 0.907. The van der Waals surface area contributed by atoms with Gasteiger partial charge in [0.15, 0.2) is 5.82 Å². The van der Waals surface area contributed by atoms with Gasteiger partial charge in [0.1, 0.15) is 17.3 Å². The summed E-state index contributed by atoms with van der Waals surface area (Å²) in [6.45, 7) is 2.36. The third-order valence-corrected chi connectivity index (χ3v) is 3.53. The van der Waals surface area contributed by atoms with Crippen LogP contribution in [-0.4, -0.2) is 21.6 Å². The number of nitrogens with two attached hydrogens (primary N) is 2. The average Bonchev–Trinajstić information content (AvgIpc) is 2.60. The minimum Gasteiger partial charge on any atom is -0.493 e. The monoisotopic (exact) mass is 323 g/mol. The number of ether oxygens (including phenoxy) is 1. The van der Waals surface area contributed by atoms with Crippen LogP contribution in [0.25, 0.3) is 22.5 Å². The molecular formula is C17H17N5O2. The summed E-state index contributed by atoms with van der Waals surface area (Å²) in [5, 5.41) is 0. The molecule has 0 spiro atoms. The highest BCUT2D eigenvalue weighted by atomic mass is 16.5. The minimum absolute atomic E-state index is 0.00518. The molecule has 0 unspecified atom stereocenters. The fourth-order valence-electron chi connectivity index (χ4n) is 2.34. The molecule has 5 N–H and O–H groups in total. The average molecular weight is 323 g/mol. The van der Waals surface area contributed by atoms with E-state index >= 15 is 0 Å². The molecule has 122 valence electrons. The van der Waals surface area contributed by atoms with Gasteiger partial charge in [-0.1, -0.05) is 6.07 Å². The van der Waals surface area contributed by atoms with Crippen molar-refractivity contribution in [1.82, 2.24) is 15.0 Å². The Morgan fingerprint density at radius 2 is 1.88 bits per heavy atom. The number of hydrogen-bond acceptors (Lipinski definition) is 6. The van der Waals surface area contributed by atoms with E-state index < -0.39 is 5.56 Å². The first-order chi connectivity index (χ1) is 11.6. The van der Waals surface area contributed by atoms with Crippen molar-refractivity contribution in [3.8, 4) is 28.3 Å². The van der Waals surface area contributed by atoms with Crippen LogP contribution in [0, 0.1) is 0 Å². The topological polar surface area (TPSA) is 120 Å². The number of aromatic amines is 1. The second kappa shape index (κ2) is 6.41. The van der Waals surface area contributed by atoms with Gasteiger partial charge < -0.3 is 21.2 Å². The van der Waals surface area contributed by atoms with Crippen molar-refractivity contribution >= 4 is 11.5 Å². The lowest BCUT2D eigenvalue weighted by Crippen LogP contribution is -2.17. The number of anilines is 2. The molecule has 24 heavy (non-hydrogen) atoms. The van der Waals surface area contributed by atoms with Crippen molar-refractivity contribution in [2.75, 3.05) is 18.1 Å². The molecule has 0 aliphatic heterocycles. The predicted octanol–water partition coefficient (Wildman–Crippen LogP) is 2.06. The molecule has 0 atom stereocenters. The maximum Gasteiger partial charge on any atom is 0.276 e. The van der Waals surface area contributed by atoms with Gasteiger partial charge in [0.25, 0.3) is 5.56 Å². The number of nitrogens with zero attached hydrogens (tertiary/aromatic N) is 2. The lowest BCUT2D eigenvalue weighted by Gasteiger charge is -2.12. The lowest BCUT2D eigenvalue weighted by atomic mass is 10.0. The van der Waals surface area contributed by atoms with Crippen LogP contribution >= 0.6 is 0 Å². The van der Waals surface area contributed by atoms with Gasteiger partial charge in [-0.2, -0.15) is 0 Å². The lowest BCUT2D eigenvalue weighted by molar-refractivity contribution is 0.341. The molecule has 7 heteroatoms. The molecule has 0 amide bonds. The molecule has 0 saturated carbocycles. The maximum atomic E-state index is 11.8. The molecule has 2 aromatic heterocycles. The Morgan fingerprint density at radius 1 is 1.12 bits per heavy atom. The number of aromatic nitrogens is 3. The van der Waals surface area contributed by atoms with Crippen molar-refractivity contribution in [3.05, 3.63) is 53.1 Å². The van der Waals surface area contributed by atoms with Gasteiger partial charge >= 0.3 is 0 Å². The summed E-state index contributed by atoms with van der Waals surface area (Å²) in [4.78, 5) is 22.6. The second-order valence-electron chi connectivity index (χ2n) is 5.09. The van der Waals surface area contributed by atoms with E-state index in [1.54, 1.807) is 12.4 Å². The second-order valence-corrected chi connectivity index (χ2v) is 5.09. The zero-order valence-electron chi connectivity index (χ0n) is 13.1. The normalized spacial score (nSPS) is 10.5. The molecule has 0 aliphatic carbocycles. The summed E-state index contributed by atoms with van der Waals surface area (Å²) in [6, 6.07) is 9.45. The van der Waals surface area contributed by atoms with E-state index in [1.165, 1.54) is 0 Å². The summed E-state index contributed by atoms with van der Waals surface area (Å²) < 4.78 is 5.71. The van der Waals surface area contributed by atoms with E-state index in [1.807, 2.05) is 37.3 Å². The highest BCUT2D eigenvalue weighted by molar-refractivity contribution is 5.74. The number of benzene rings is 1. The van der Waals surface area contributed by atoms with Gasteiger partial charge in [0, 0.05) is 12.4 Å². The van der Waals surface area contributed by atoms with Crippen LogP contribution in [0.2, 0.25) is 0 Å². The Hall–Kier alpha value is -3.35. The third-order valence-electron chi connectivity index (χ3n) is 3.53. The van der Waals surface area contributed by atoms with Gasteiger partial charge in [-0.3, -0.25) is 9.78 Å². The molecule has 0 aliphatic rings. The molecule has 3 aromatic rings. The van der Waals surface area contributed by atoms with Crippen LogP contribution in [0.3, 0.4) is 0 Å². The van der Waals surface area contributed by atoms with Crippen molar-refractivity contribution < 1.29 is 4.74 Å². The Morgan fingerprint density at radius 3 is 2.54 bits per heavy atom. The van der Waals surface area contributed by atoms with Crippen LogP contribution in [0.1, 0.15) is 6.92 Å². The zero-order valence-corrected chi connectivity index (χ0v) is 13.1. The van der Waals surface area contributed by atoms with Crippen LogP contribution in [0.15, 0.2) is 47.5 Å². The number of hydrogen-bond donors (Lipinski definition) is 3. The Bertz CT molecular complexity index is 922. The number of rotatable bonds is 4. The van der Waals surface area contributed by atoms with E-state index in [0.29, 0.717) is 23.7 Å². The first-order valence-electron chi connectivity index (χ1n) is 7.43. The summed E-state index contributed by atoms with van der Waals surface area (Å²) in [6.07, 6.45) is 3.45. The number of pyridine rings is 1. The smallest absolute Gasteiger partial charge is 0.276 e. The molecular weight excluding hydrogens is 306 g/mol. The highest BCUT2D eigenvalue weighted by Gasteiger charge is 2.13. The first-order valence-corrected chi connectivity index (χ1v) is 7.43. The van der Waals surface area contributed by atoms with E-state index in [4.69, 9.17) is 16.2 Å². The fraction of sp³-hybridized carbons (Fsp3) is 0.118. The fourth-order valence-corrected chi connectivity index (χ4v) is 2.34. The molecule has 2 heterocycles. The van der Waals surface area contributed by atoms with Gasteiger partial charge in [-0.25, -0.2) is 4.98 Å². The molecule has 0 radical (unpaired) electrons. The summed E-state index contributed by atoms with van der Waals surface area (Å²) >= 11 is 0. The number of nitrogen functional groups attached to an aromatic ring is 2. The third kappa shape index (κ3) is 2.91. The SMILES string of the molecule is CCOc1cc(-c2ccncc2)ccc1-c1nc(N)c(N)c(=O)[nH]1. The van der Waals surface area contributed by atoms with E-state index in [2.05, 4.69) is 15.0 Å². The molecule has 1 aromatic carbocycles. The molecule has 7 nitrogen and oxygen atoms in total. The summed E-state index contributed by atoms with van der Waals surface area (Å²) in [7, 11) is 0. The Kier molecular flexibility index (Phi) is 4.15. The minimum atomic E-state index is -0.474. The van der Waals surface area contributed by atoms with Crippen molar-refractivity contribution in [2.45, 2.75) is 6.92 Å². The number of H-pyrrole nitrogens is 1. The van der Waals surface area contributed by atoms with Crippen molar-refractivity contribution in [1.29, 1.82) is 0 Å². The molecule has 0 bridgehead atoms. The van der Waals surface area contributed by atoms with Crippen molar-refractivity contribution in [3.63, 3.8) is 0 Å². The van der Waals surface area contributed by atoms with Crippen LogP contribution < -0.4 is 21.8 Å². The van der Waals surface area contributed by atoms with Crippen LogP contribution in [-0.2, 0) is 0 Å². The van der Waals surface area contributed by atoms with Gasteiger partial charge in [0.05, 0.1) is 12.2 Å². The Labute approximate surface area is 138 Å². The Balaban J connectivity index is 2.13. The van der Waals surface area contributed by atoms with Gasteiger partial charge in [-0.15, -0.1) is 0 Å². The van der Waals surface area contributed by atoms with Crippen LogP contribution in [0.4, 0.5) is 11.5 Å². The summed E-state index contributed by atoms with van der Waals surface area (Å²) in [5.41, 5.74) is 13.3. The van der Waals surface area contributed by atoms with Crippen molar-refractivity contribution in [2.24, 2.45) is 0 Å². The quantitative estimate of drug-likeness (QED) is 0.676. The van der Waals surface area contributed by atoms with E-state index in [0.717, 1.165) is 11.1 Å². The molecule has 0 fully saturated rings. The molecule has 0 saturated heterocycles. The van der Waals surface area contributed by atoms with Gasteiger partial charge in [0.2, 0.25) is 0 Å². The number of nitrogens with one attached hydrogen (secondary N) is 1. The predicted molar refractivity (Wildman–Crippen MR) is 93.5 cm³/mol. The van der Waals surface area contributed by atoms with Gasteiger partial charge in [-0.05, 0) is 42.3 Å². The van der Waals surface area contributed by atoms with Crippen LogP contribution in [0.5, 0.6) is 5.75 Å². The largest absolute Gasteiger partial charge is 0.493 e. The maximum absolute atomic E-state index is 11.8. The van der Waals surface area contributed by atoms with E-state index in [9.17, 15) is 4.79 Å². The first kappa shape index (κ1) is 15.5. The zero-order chi connectivity index (χ0) is 17.1. The standard InChI is InChI=1S/C17H17N5O2/c1-2-24-13-9-11(10-5-7-20-8-6-10)3-4-12(13)16-21-15(19)14(18)17(23)22-16/h3-9H,2,18H2,1H3,(H3,19,21,22,23). The molecule has 3 rings (SSSR count). The van der Waals surface area contributed by atoms with E-state index in [-0.39, 0.29) is 11.5 Å².